The summed E-state index contributed by atoms with van der Waals surface area (Å²) in [4.78, 5) is 1.94. The monoisotopic (exact) mass is 326 g/mol. The van der Waals surface area contributed by atoms with Crippen LogP contribution < -0.4 is 4.90 Å². The van der Waals surface area contributed by atoms with Gasteiger partial charge in [0.05, 0.1) is 30.5 Å². The van der Waals surface area contributed by atoms with Crippen LogP contribution >= 0.6 is 0 Å². The van der Waals surface area contributed by atoms with E-state index in [0.717, 1.165) is 0 Å². The highest BCUT2D eigenvalue weighted by Gasteiger charge is 2.15. The predicted octanol–water partition coefficient (Wildman–Crippen LogP) is 3.87. The van der Waals surface area contributed by atoms with E-state index in [1.54, 1.807) is 18.2 Å². The van der Waals surface area contributed by atoms with Gasteiger partial charge < -0.3 is 9.64 Å². The Morgan fingerprint density at radius 1 is 1.08 bits per heavy atom. The third-order valence-corrected chi connectivity index (χ3v) is 3.91. The molecule has 0 radical (unpaired) electrons. The number of nitrogens with zero attached hydrogens (tertiary/aromatic N) is 2. The molecule has 1 aliphatic rings. The molecule has 0 saturated carbocycles. The molecule has 3 rings (SSSR count). The van der Waals surface area contributed by atoms with Crippen LogP contribution in [0, 0.1) is 23.0 Å². The fourth-order valence-corrected chi connectivity index (χ4v) is 2.65. The fourth-order valence-electron chi connectivity index (χ4n) is 2.65. The van der Waals surface area contributed by atoms with Gasteiger partial charge in [0.25, 0.3) is 0 Å². The molecule has 0 unspecified atom stereocenters. The standard InChI is InChI=1S/C19H16F2N2O/c20-17-4-2-15(3-5-17)16(13-22)11-14-1-6-19(18(21)12-14)23-7-9-24-10-8-23/h1-6,11-12H,7-10H2/b16-11-. The number of allylic oxidation sites excluding steroid dienone is 1. The highest BCUT2D eigenvalue weighted by molar-refractivity contribution is 5.89. The minimum Gasteiger partial charge on any atom is -0.378 e. The van der Waals surface area contributed by atoms with Gasteiger partial charge in [-0.25, -0.2) is 8.78 Å². The van der Waals surface area contributed by atoms with Crippen LogP contribution in [0.25, 0.3) is 11.6 Å². The number of rotatable bonds is 3. The molecule has 0 N–H and O–H groups in total. The van der Waals surface area contributed by atoms with Crippen molar-refractivity contribution >= 4 is 17.3 Å². The van der Waals surface area contributed by atoms with Crippen LogP contribution in [-0.2, 0) is 4.74 Å². The van der Waals surface area contributed by atoms with Gasteiger partial charge in [-0.3, -0.25) is 0 Å². The van der Waals surface area contributed by atoms with Crippen LogP contribution in [0.15, 0.2) is 42.5 Å². The van der Waals surface area contributed by atoms with Gasteiger partial charge >= 0.3 is 0 Å². The molecular formula is C19H16F2N2O. The van der Waals surface area contributed by atoms with Gasteiger partial charge in [0, 0.05) is 13.1 Å². The average Bonchev–Trinajstić information content (AvgIpc) is 2.61. The fraction of sp³-hybridized carbons (Fsp3) is 0.211. The quantitative estimate of drug-likeness (QED) is 0.635. The Kier molecular flexibility index (Phi) is 4.88. The first-order valence-corrected chi connectivity index (χ1v) is 7.67. The van der Waals surface area contributed by atoms with Crippen molar-refractivity contribution in [2.45, 2.75) is 0 Å². The summed E-state index contributed by atoms with van der Waals surface area (Å²) < 4.78 is 32.7. The Morgan fingerprint density at radius 2 is 1.79 bits per heavy atom. The van der Waals surface area contributed by atoms with Gasteiger partial charge in [0.2, 0.25) is 0 Å². The molecule has 1 saturated heterocycles. The normalized spacial score (nSPS) is 15.2. The first kappa shape index (κ1) is 16.2. The summed E-state index contributed by atoms with van der Waals surface area (Å²) in [6.45, 7) is 2.49. The van der Waals surface area contributed by atoms with Crippen LogP contribution in [-0.4, -0.2) is 26.3 Å². The molecule has 0 amide bonds. The van der Waals surface area contributed by atoms with Crippen molar-refractivity contribution in [3.8, 4) is 6.07 Å². The minimum atomic E-state index is -0.364. The number of benzene rings is 2. The summed E-state index contributed by atoms with van der Waals surface area (Å²) in [5.74, 6) is -0.695. The molecule has 0 spiro atoms. The lowest BCUT2D eigenvalue weighted by atomic mass is 10.0. The zero-order valence-corrected chi connectivity index (χ0v) is 13.0. The number of ether oxygens (including phenoxy) is 1. The maximum atomic E-state index is 14.4. The van der Waals surface area contributed by atoms with Crippen molar-refractivity contribution in [3.05, 3.63) is 65.2 Å². The lowest BCUT2D eigenvalue weighted by Gasteiger charge is -2.29. The van der Waals surface area contributed by atoms with E-state index in [2.05, 4.69) is 6.07 Å². The second kappa shape index (κ2) is 7.24. The van der Waals surface area contributed by atoms with E-state index >= 15 is 0 Å². The zero-order valence-electron chi connectivity index (χ0n) is 13.0. The molecule has 3 nitrogen and oxygen atoms in total. The smallest absolute Gasteiger partial charge is 0.147 e. The molecular weight excluding hydrogens is 310 g/mol. The lowest BCUT2D eigenvalue weighted by molar-refractivity contribution is 0.122. The SMILES string of the molecule is N#C/C(=C/c1ccc(N2CCOCC2)c(F)c1)c1ccc(F)cc1. The van der Waals surface area contributed by atoms with E-state index in [4.69, 9.17) is 4.74 Å². The number of hydrogen-bond donors (Lipinski definition) is 0. The van der Waals surface area contributed by atoms with Gasteiger partial charge in [0.1, 0.15) is 11.6 Å². The summed E-state index contributed by atoms with van der Waals surface area (Å²) >= 11 is 0. The number of morpholine rings is 1. The second-order valence-corrected chi connectivity index (χ2v) is 5.49. The van der Waals surface area contributed by atoms with Crippen LogP contribution in [0.3, 0.4) is 0 Å². The minimum absolute atomic E-state index is 0.331. The summed E-state index contributed by atoms with van der Waals surface area (Å²) in [7, 11) is 0. The van der Waals surface area contributed by atoms with Crippen molar-refractivity contribution in [3.63, 3.8) is 0 Å². The highest BCUT2D eigenvalue weighted by atomic mass is 19.1. The third kappa shape index (κ3) is 3.61. The molecule has 2 aromatic carbocycles. The van der Waals surface area contributed by atoms with E-state index in [0.29, 0.717) is 48.7 Å². The highest BCUT2D eigenvalue weighted by Crippen LogP contribution is 2.24. The molecule has 0 aromatic heterocycles. The number of nitriles is 1. The van der Waals surface area contributed by atoms with Gasteiger partial charge in [-0.05, 0) is 41.5 Å². The maximum Gasteiger partial charge on any atom is 0.147 e. The predicted molar refractivity (Wildman–Crippen MR) is 89.3 cm³/mol. The first-order chi connectivity index (χ1) is 11.7. The van der Waals surface area contributed by atoms with Crippen molar-refractivity contribution in [2.24, 2.45) is 0 Å². The summed E-state index contributed by atoms with van der Waals surface area (Å²) in [5, 5.41) is 9.31. The molecule has 5 heteroatoms. The molecule has 0 aliphatic carbocycles. The van der Waals surface area contributed by atoms with Crippen molar-refractivity contribution in [1.82, 2.24) is 0 Å². The van der Waals surface area contributed by atoms with Gasteiger partial charge in [-0.1, -0.05) is 18.2 Å². The molecule has 1 aliphatic heterocycles. The Bertz CT molecular complexity index is 788. The number of anilines is 1. The van der Waals surface area contributed by atoms with E-state index in [1.165, 1.54) is 30.3 Å². The number of hydrogen-bond acceptors (Lipinski definition) is 3. The van der Waals surface area contributed by atoms with Crippen LogP contribution in [0.1, 0.15) is 11.1 Å². The van der Waals surface area contributed by atoms with E-state index in [-0.39, 0.29) is 11.6 Å². The summed E-state index contributed by atoms with van der Waals surface area (Å²) in [6, 6.07) is 12.6. The van der Waals surface area contributed by atoms with E-state index in [1.807, 2.05) is 4.90 Å². The van der Waals surface area contributed by atoms with E-state index < -0.39 is 0 Å². The van der Waals surface area contributed by atoms with Crippen LogP contribution in [0.4, 0.5) is 14.5 Å². The Labute approximate surface area is 139 Å². The molecule has 0 bridgehead atoms. The molecule has 24 heavy (non-hydrogen) atoms. The van der Waals surface area contributed by atoms with Crippen LogP contribution in [0.5, 0.6) is 0 Å². The van der Waals surface area contributed by atoms with Gasteiger partial charge in [-0.2, -0.15) is 5.26 Å². The van der Waals surface area contributed by atoms with Gasteiger partial charge in [-0.15, -0.1) is 0 Å². The van der Waals surface area contributed by atoms with Crippen LogP contribution in [0.2, 0.25) is 0 Å². The molecule has 2 aromatic rings. The molecule has 0 atom stereocenters. The Hall–Kier alpha value is -2.71. The zero-order chi connectivity index (χ0) is 16.9. The van der Waals surface area contributed by atoms with Gasteiger partial charge in [0.15, 0.2) is 0 Å². The Morgan fingerprint density at radius 3 is 2.42 bits per heavy atom. The average molecular weight is 326 g/mol. The largest absolute Gasteiger partial charge is 0.378 e. The topological polar surface area (TPSA) is 36.3 Å². The maximum absolute atomic E-state index is 14.4. The first-order valence-electron chi connectivity index (χ1n) is 7.67. The lowest BCUT2D eigenvalue weighted by Crippen LogP contribution is -2.36. The number of halogens is 2. The van der Waals surface area contributed by atoms with E-state index in [9.17, 15) is 14.0 Å². The summed E-state index contributed by atoms with van der Waals surface area (Å²) in [5.41, 5.74) is 2.08. The Balaban J connectivity index is 1.87. The van der Waals surface area contributed by atoms with Crippen molar-refractivity contribution < 1.29 is 13.5 Å². The molecule has 122 valence electrons. The second-order valence-electron chi connectivity index (χ2n) is 5.49. The molecule has 1 heterocycles. The summed E-state index contributed by atoms with van der Waals surface area (Å²) in [6.07, 6.45) is 1.60. The third-order valence-electron chi connectivity index (χ3n) is 3.91. The van der Waals surface area contributed by atoms with Crippen molar-refractivity contribution in [2.75, 3.05) is 31.2 Å². The molecule has 1 fully saturated rings. The van der Waals surface area contributed by atoms with Crippen molar-refractivity contribution in [1.29, 1.82) is 5.26 Å².